The lowest BCUT2D eigenvalue weighted by atomic mass is 9.97. The molecule has 2 aromatic heterocycles. The van der Waals surface area contributed by atoms with E-state index in [4.69, 9.17) is 4.74 Å². The van der Waals surface area contributed by atoms with Crippen molar-refractivity contribution in [3.05, 3.63) is 53.4 Å². The Labute approximate surface area is 144 Å². The van der Waals surface area contributed by atoms with Gasteiger partial charge in [-0.05, 0) is 62.1 Å². The van der Waals surface area contributed by atoms with Gasteiger partial charge in [-0.1, -0.05) is 13.0 Å². The first kappa shape index (κ1) is 17.0. The molecule has 3 rings (SSSR count). The molecule has 0 spiro atoms. The Hall–Kier alpha value is -1.81. The van der Waals surface area contributed by atoms with Crippen LogP contribution in [0.1, 0.15) is 48.8 Å². The molecule has 128 valence electrons. The van der Waals surface area contributed by atoms with E-state index in [9.17, 15) is 0 Å². The lowest BCUT2D eigenvalue weighted by molar-refractivity contribution is -0.0148. The largest absolute Gasteiger partial charge is 0.378 e. The van der Waals surface area contributed by atoms with Gasteiger partial charge < -0.3 is 4.74 Å². The average Bonchev–Trinajstić information content (AvgIpc) is 2.62. The number of rotatable bonds is 6. The molecule has 4 nitrogen and oxygen atoms in total. The number of ether oxygens (including phenoxy) is 1. The Morgan fingerprint density at radius 1 is 1.00 bits per heavy atom. The quantitative estimate of drug-likeness (QED) is 0.812. The number of nitrogens with zero attached hydrogens (tertiary/aromatic N) is 3. The van der Waals surface area contributed by atoms with Gasteiger partial charge in [0.1, 0.15) is 5.82 Å². The summed E-state index contributed by atoms with van der Waals surface area (Å²) in [4.78, 5) is 13.3. The normalized spacial score (nSPS) is 20.9. The van der Waals surface area contributed by atoms with Gasteiger partial charge in [-0.3, -0.25) is 4.98 Å². The van der Waals surface area contributed by atoms with Crippen LogP contribution in [0, 0.1) is 12.8 Å². The number of hydrogen-bond donors (Lipinski definition) is 0. The molecule has 1 aliphatic rings. The topological polar surface area (TPSA) is 47.9 Å². The van der Waals surface area contributed by atoms with Crippen LogP contribution in [0.25, 0.3) is 0 Å². The average molecular weight is 325 g/mol. The van der Waals surface area contributed by atoms with E-state index in [-0.39, 0.29) is 0 Å². The lowest BCUT2D eigenvalue weighted by Gasteiger charge is -2.26. The maximum atomic E-state index is 5.89. The minimum absolute atomic E-state index is 0.418. The molecule has 24 heavy (non-hydrogen) atoms. The molecule has 0 aliphatic carbocycles. The molecule has 2 aromatic rings. The second-order valence-corrected chi connectivity index (χ2v) is 7.01. The van der Waals surface area contributed by atoms with Crippen molar-refractivity contribution in [1.29, 1.82) is 0 Å². The Balaban J connectivity index is 1.44. The van der Waals surface area contributed by atoms with Gasteiger partial charge in [0, 0.05) is 37.3 Å². The van der Waals surface area contributed by atoms with Crippen molar-refractivity contribution < 1.29 is 4.74 Å². The van der Waals surface area contributed by atoms with Crippen LogP contribution in [0.2, 0.25) is 0 Å². The molecule has 0 N–H and O–H groups in total. The maximum Gasteiger partial charge on any atom is 0.128 e. The molecule has 0 bridgehead atoms. The van der Waals surface area contributed by atoms with Crippen molar-refractivity contribution in [2.75, 3.05) is 6.61 Å². The van der Waals surface area contributed by atoms with Crippen molar-refractivity contribution in [3.63, 3.8) is 0 Å². The zero-order valence-corrected chi connectivity index (χ0v) is 14.7. The van der Waals surface area contributed by atoms with E-state index in [0.29, 0.717) is 6.10 Å². The predicted molar refractivity (Wildman–Crippen MR) is 94.9 cm³/mol. The maximum absolute atomic E-state index is 5.89. The minimum Gasteiger partial charge on any atom is -0.378 e. The standard InChI is InChI=1S/C20H27N3O/c1-15-3-8-19(24-14-15)9-7-18-6-4-17(13-21-18)5-10-20-22-11-16(2)12-23-20/h4,6,11-13,15,19H,3,5,7-10,14H2,1-2H3. The van der Waals surface area contributed by atoms with E-state index in [1.165, 1.54) is 18.4 Å². The van der Waals surface area contributed by atoms with Crippen LogP contribution in [-0.2, 0) is 24.0 Å². The third-order valence-electron chi connectivity index (χ3n) is 4.68. The summed E-state index contributed by atoms with van der Waals surface area (Å²) in [6.07, 6.45) is 12.5. The summed E-state index contributed by atoms with van der Waals surface area (Å²) < 4.78 is 5.89. The van der Waals surface area contributed by atoms with Gasteiger partial charge in [-0.15, -0.1) is 0 Å². The van der Waals surface area contributed by atoms with Gasteiger partial charge in [0.2, 0.25) is 0 Å². The molecule has 2 atom stereocenters. The zero-order valence-electron chi connectivity index (χ0n) is 14.7. The summed E-state index contributed by atoms with van der Waals surface area (Å²) in [6.45, 7) is 5.18. The Morgan fingerprint density at radius 2 is 1.83 bits per heavy atom. The van der Waals surface area contributed by atoms with Crippen molar-refractivity contribution in [2.45, 2.75) is 58.5 Å². The molecular formula is C20H27N3O. The fourth-order valence-corrected chi connectivity index (χ4v) is 3.03. The van der Waals surface area contributed by atoms with E-state index in [1.807, 2.05) is 25.5 Å². The number of hydrogen-bond acceptors (Lipinski definition) is 4. The van der Waals surface area contributed by atoms with Gasteiger partial charge in [0.25, 0.3) is 0 Å². The molecule has 3 heterocycles. The second kappa shape index (κ2) is 8.34. The SMILES string of the molecule is Cc1cnc(CCc2ccc(CCC3CCC(C)CO3)nc2)nc1. The Kier molecular flexibility index (Phi) is 5.91. The third-order valence-corrected chi connectivity index (χ3v) is 4.68. The van der Waals surface area contributed by atoms with Gasteiger partial charge in [0.05, 0.1) is 6.10 Å². The van der Waals surface area contributed by atoms with Crippen molar-refractivity contribution in [2.24, 2.45) is 5.92 Å². The van der Waals surface area contributed by atoms with Crippen LogP contribution in [0.5, 0.6) is 0 Å². The molecule has 4 heteroatoms. The molecule has 0 saturated carbocycles. The summed E-state index contributed by atoms with van der Waals surface area (Å²) in [5.74, 6) is 1.62. The molecule has 1 saturated heterocycles. The van der Waals surface area contributed by atoms with Gasteiger partial charge in [0.15, 0.2) is 0 Å². The van der Waals surface area contributed by atoms with Crippen LogP contribution in [-0.4, -0.2) is 27.7 Å². The monoisotopic (exact) mass is 325 g/mol. The summed E-state index contributed by atoms with van der Waals surface area (Å²) in [7, 11) is 0. The van der Waals surface area contributed by atoms with Crippen LogP contribution >= 0.6 is 0 Å². The van der Waals surface area contributed by atoms with Gasteiger partial charge >= 0.3 is 0 Å². The number of pyridine rings is 1. The number of aryl methyl sites for hydroxylation is 4. The summed E-state index contributed by atoms with van der Waals surface area (Å²) in [6, 6.07) is 4.33. The molecule has 1 fully saturated rings. The molecule has 0 aromatic carbocycles. The summed E-state index contributed by atoms with van der Waals surface area (Å²) >= 11 is 0. The summed E-state index contributed by atoms with van der Waals surface area (Å²) in [5.41, 5.74) is 3.50. The fourth-order valence-electron chi connectivity index (χ4n) is 3.03. The fraction of sp³-hybridized carbons (Fsp3) is 0.550. The first-order valence-corrected chi connectivity index (χ1v) is 9.02. The van der Waals surface area contributed by atoms with Crippen molar-refractivity contribution >= 4 is 0 Å². The van der Waals surface area contributed by atoms with E-state index < -0.39 is 0 Å². The highest BCUT2D eigenvalue weighted by atomic mass is 16.5. The second-order valence-electron chi connectivity index (χ2n) is 7.01. The predicted octanol–water partition coefficient (Wildman–Crippen LogP) is 3.71. The van der Waals surface area contributed by atoms with Gasteiger partial charge in [-0.2, -0.15) is 0 Å². The highest BCUT2D eigenvalue weighted by Crippen LogP contribution is 2.21. The molecule has 0 amide bonds. The van der Waals surface area contributed by atoms with Crippen LogP contribution in [0.15, 0.2) is 30.7 Å². The summed E-state index contributed by atoms with van der Waals surface area (Å²) in [5, 5.41) is 0. The zero-order chi connectivity index (χ0) is 16.8. The first-order chi connectivity index (χ1) is 11.7. The highest BCUT2D eigenvalue weighted by molar-refractivity contribution is 5.15. The number of aromatic nitrogens is 3. The van der Waals surface area contributed by atoms with E-state index >= 15 is 0 Å². The van der Waals surface area contributed by atoms with E-state index in [1.54, 1.807) is 0 Å². The minimum atomic E-state index is 0.418. The molecule has 1 aliphatic heterocycles. The smallest absolute Gasteiger partial charge is 0.128 e. The van der Waals surface area contributed by atoms with E-state index in [2.05, 4.69) is 34.0 Å². The van der Waals surface area contributed by atoms with Crippen molar-refractivity contribution in [3.8, 4) is 0 Å². The van der Waals surface area contributed by atoms with Gasteiger partial charge in [-0.25, -0.2) is 9.97 Å². The van der Waals surface area contributed by atoms with Crippen LogP contribution < -0.4 is 0 Å². The third kappa shape index (κ3) is 5.10. The van der Waals surface area contributed by atoms with E-state index in [0.717, 1.165) is 55.3 Å². The molecular weight excluding hydrogens is 298 g/mol. The lowest BCUT2D eigenvalue weighted by Crippen LogP contribution is -2.24. The first-order valence-electron chi connectivity index (χ1n) is 9.02. The Bertz CT molecular complexity index is 616. The Morgan fingerprint density at radius 3 is 2.50 bits per heavy atom. The van der Waals surface area contributed by atoms with Crippen molar-refractivity contribution in [1.82, 2.24) is 15.0 Å². The molecule has 2 unspecified atom stereocenters. The van der Waals surface area contributed by atoms with Crippen LogP contribution in [0.4, 0.5) is 0 Å². The molecule has 0 radical (unpaired) electrons. The van der Waals surface area contributed by atoms with Crippen LogP contribution in [0.3, 0.4) is 0 Å². The highest BCUT2D eigenvalue weighted by Gasteiger charge is 2.18.